The highest BCUT2D eigenvalue weighted by Crippen LogP contribution is 2.36. The highest BCUT2D eigenvalue weighted by molar-refractivity contribution is 5.49. The molecule has 0 spiro atoms. The Morgan fingerprint density at radius 2 is 1.83 bits per heavy atom. The molecular weight excluding hydrogens is 236 g/mol. The maximum Gasteiger partial charge on any atom is 0.163 e. The summed E-state index contributed by atoms with van der Waals surface area (Å²) in [5, 5.41) is 0. The minimum atomic E-state index is -0.631. The Balaban J connectivity index is 2.02. The smallest absolute Gasteiger partial charge is 0.163 e. The van der Waals surface area contributed by atoms with Gasteiger partial charge in [0.15, 0.2) is 11.6 Å². The zero-order chi connectivity index (χ0) is 13.4. The molecule has 0 aromatic carbocycles. The first-order valence-corrected chi connectivity index (χ1v) is 6.44. The lowest BCUT2D eigenvalue weighted by Gasteiger charge is -2.23. The second kappa shape index (κ2) is 4.89. The molecule has 0 radical (unpaired) electrons. The molecule has 0 aromatic heterocycles. The van der Waals surface area contributed by atoms with Crippen molar-refractivity contribution in [3.05, 3.63) is 0 Å². The van der Waals surface area contributed by atoms with E-state index in [2.05, 4.69) is 0 Å². The Labute approximate surface area is 108 Å². The van der Waals surface area contributed by atoms with Crippen LogP contribution in [0.2, 0.25) is 0 Å². The number of hydrogen-bond acceptors (Lipinski definition) is 5. The van der Waals surface area contributed by atoms with Crippen LogP contribution in [0, 0.1) is 0 Å². The Morgan fingerprint density at radius 1 is 1.11 bits per heavy atom. The largest absolute Gasteiger partial charge is 0.348 e. The number of aldehydes is 1. The summed E-state index contributed by atoms with van der Waals surface area (Å²) in [6, 6.07) is 0. The third-order valence-corrected chi connectivity index (χ3v) is 3.19. The zero-order valence-electron chi connectivity index (χ0n) is 11.5. The van der Waals surface area contributed by atoms with Crippen LogP contribution in [0.5, 0.6) is 0 Å². The van der Waals surface area contributed by atoms with Crippen molar-refractivity contribution in [2.45, 2.75) is 70.4 Å². The molecule has 2 saturated heterocycles. The maximum atomic E-state index is 10.5. The standard InChI is InChI=1S/C13H22O5/c1-12(2)15-8-10(17-12)11-9(6-5-7-14)16-13(3,4)18-11/h7,9-11H,5-6,8H2,1-4H3/t9-,10-,11+/m1/s1. The van der Waals surface area contributed by atoms with Crippen molar-refractivity contribution in [2.24, 2.45) is 0 Å². The molecule has 0 saturated carbocycles. The molecule has 0 aromatic rings. The summed E-state index contributed by atoms with van der Waals surface area (Å²) in [5.74, 6) is -1.20. The van der Waals surface area contributed by atoms with Gasteiger partial charge in [0.25, 0.3) is 0 Å². The molecule has 0 N–H and O–H groups in total. The third-order valence-electron chi connectivity index (χ3n) is 3.19. The Hall–Kier alpha value is -0.490. The minimum Gasteiger partial charge on any atom is -0.348 e. The average Bonchev–Trinajstić information content (AvgIpc) is 2.75. The fourth-order valence-corrected chi connectivity index (χ4v) is 2.51. The van der Waals surface area contributed by atoms with Crippen LogP contribution in [-0.4, -0.2) is 42.8 Å². The number of rotatable bonds is 4. The van der Waals surface area contributed by atoms with Gasteiger partial charge in [0.2, 0.25) is 0 Å². The van der Waals surface area contributed by atoms with Crippen molar-refractivity contribution in [2.75, 3.05) is 6.61 Å². The summed E-state index contributed by atoms with van der Waals surface area (Å²) in [5.41, 5.74) is 0. The first kappa shape index (κ1) is 13.9. The van der Waals surface area contributed by atoms with E-state index in [1.807, 2.05) is 27.7 Å². The van der Waals surface area contributed by atoms with Crippen LogP contribution in [0.25, 0.3) is 0 Å². The molecule has 0 unspecified atom stereocenters. The van der Waals surface area contributed by atoms with Gasteiger partial charge in [-0.15, -0.1) is 0 Å². The highest BCUT2D eigenvalue weighted by atomic mass is 16.8. The van der Waals surface area contributed by atoms with Gasteiger partial charge < -0.3 is 23.7 Å². The first-order valence-electron chi connectivity index (χ1n) is 6.44. The summed E-state index contributed by atoms with van der Waals surface area (Å²) < 4.78 is 23.1. The van der Waals surface area contributed by atoms with Crippen LogP contribution in [0.4, 0.5) is 0 Å². The fourth-order valence-electron chi connectivity index (χ4n) is 2.51. The second-order valence-electron chi connectivity index (χ2n) is 5.75. The number of carbonyl (C=O) groups excluding carboxylic acids is 1. The van der Waals surface area contributed by atoms with Crippen molar-refractivity contribution in [1.29, 1.82) is 0 Å². The summed E-state index contributed by atoms with van der Waals surface area (Å²) in [4.78, 5) is 10.5. The molecule has 2 aliphatic rings. The first-order chi connectivity index (χ1) is 8.33. The van der Waals surface area contributed by atoms with Gasteiger partial charge in [-0.25, -0.2) is 0 Å². The number of ether oxygens (including phenoxy) is 4. The van der Waals surface area contributed by atoms with Crippen molar-refractivity contribution in [3.63, 3.8) is 0 Å². The number of hydrogen-bond donors (Lipinski definition) is 0. The van der Waals surface area contributed by atoms with Gasteiger partial charge in [0.1, 0.15) is 18.5 Å². The second-order valence-corrected chi connectivity index (χ2v) is 5.75. The van der Waals surface area contributed by atoms with E-state index in [-0.39, 0.29) is 18.3 Å². The van der Waals surface area contributed by atoms with Gasteiger partial charge in [0, 0.05) is 6.42 Å². The van der Waals surface area contributed by atoms with E-state index in [0.29, 0.717) is 19.4 Å². The van der Waals surface area contributed by atoms with Crippen LogP contribution in [0.1, 0.15) is 40.5 Å². The van der Waals surface area contributed by atoms with Crippen LogP contribution in [0.15, 0.2) is 0 Å². The van der Waals surface area contributed by atoms with Crippen molar-refractivity contribution in [1.82, 2.24) is 0 Å². The van der Waals surface area contributed by atoms with E-state index in [1.54, 1.807) is 0 Å². The molecule has 2 fully saturated rings. The molecule has 0 aliphatic carbocycles. The quantitative estimate of drug-likeness (QED) is 0.717. The summed E-state index contributed by atoms with van der Waals surface area (Å²) >= 11 is 0. The van der Waals surface area contributed by atoms with Crippen molar-refractivity contribution >= 4 is 6.29 Å². The molecule has 2 rings (SSSR count). The van der Waals surface area contributed by atoms with Crippen LogP contribution >= 0.6 is 0 Å². The molecule has 3 atom stereocenters. The topological polar surface area (TPSA) is 54.0 Å². The molecule has 18 heavy (non-hydrogen) atoms. The molecule has 5 heteroatoms. The molecule has 0 bridgehead atoms. The molecule has 0 amide bonds. The van der Waals surface area contributed by atoms with E-state index in [4.69, 9.17) is 18.9 Å². The minimum absolute atomic E-state index is 0.118. The van der Waals surface area contributed by atoms with Gasteiger partial charge in [-0.3, -0.25) is 0 Å². The number of carbonyl (C=O) groups is 1. The van der Waals surface area contributed by atoms with Crippen LogP contribution < -0.4 is 0 Å². The predicted octanol–water partition coefficient (Wildman–Crippen LogP) is 1.64. The fraction of sp³-hybridized carbons (Fsp3) is 0.923. The highest BCUT2D eigenvalue weighted by Gasteiger charge is 2.49. The van der Waals surface area contributed by atoms with Crippen molar-refractivity contribution < 1.29 is 23.7 Å². The SMILES string of the molecule is CC1(C)OC[C@H]([C@H]2OC(C)(C)O[C@@H]2CCC=O)O1. The van der Waals surface area contributed by atoms with E-state index < -0.39 is 11.6 Å². The van der Waals surface area contributed by atoms with E-state index >= 15 is 0 Å². The Kier molecular flexibility index (Phi) is 3.78. The summed E-state index contributed by atoms with van der Waals surface area (Å²) in [7, 11) is 0. The molecular formula is C13H22O5. The normalized spacial score (nSPS) is 37.9. The van der Waals surface area contributed by atoms with Gasteiger partial charge in [-0.1, -0.05) is 0 Å². The predicted molar refractivity (Wildman–Crippen MR) is 64.0 cm³/mol. The molecule has 104 valence electrons. The van der Waals surface area contributed by atoms with Gasteiger partial charge in [0.05, 0.1) is 12.7 Å². The maximum absolute atomic E-state index is 10.5. The summed E-state index contributed by atoms with van der Waals surface area (Å²) in [6.45, 7) is 8.02. The van der Waals surface area contributed by atoms with Crippen molar-refractivity contribution in [3.8, 4) is 0 Å². The summed E-state index contributed by atoms with van der Waals surface area (Å²) in [6.07, 6.45) is 1.59. The monoisotopic (exact) mass is 258 g/mol. The van der Waals surface area contributed by atoms with Gasteiger partial charge >= 0.3 is 0 Å². The van der Waals surface area contributed by atoms with Crippen LogP contribution in [0.3, 0.4) is 0 Å². The molecule has 2 aliphatic heterocycles. The molecule has 5 nitrogen and oxygen atoms in total. The molecule has 2 heterocycles. The van der Waals surface area contributed by atoms with Gasteiger partial charge in [-0.05, 0) is 34.1 Å². The Morgan fingerprint density at radius 3 is 2.39 bits per heavy atom. The lowest BCUT2D eigenvalue weighted by atomic mass is 10.0. The van der Waals surface area contributed by atoms with E-state index in [1.165, 1.54) is 0 Å². The lowest BCUT2D eigenvalue weighted by Crippen LogP contribution is -2.38. The van der Waals surface area contributed by atoms with E-state index in [0.717, 1.165) is 6.29 Å². The van der Waals surface area contributed by atoms with Gasteiger partial charge in [-0.2, -0.15) is 0 Å². The average molecular weight is 258 g/mol. The van der Waals surface area contributed by atoms with Crippen LogP contribution in [-0.2, 0) is 23.7 Å². The zero-order valence-corrected chi connectivity index (χ0v) is 11.5. The van der Waals surface area contributed by atoms with E-state index in [9.17, 15) is 4.79 Å². The lowest BCUT2D eigenvalue weighted by molar-refractivity contribution is -0.174. The third kappa shape index (κ3) is 3.09. The Bertz CT molecular complexity index is 313.